The molecule has 22 nitrogen and oxygen atoms in total. The molecule has 10 rings (SSSR count). The van der Waals surface area contributed by atoms with Gasteiger partial charge in [-0.1, -0.05) is 123 Å². The molecule has 7 N–H and O–H groups in total. The molecule has 4 unspecified atom stereocenters. The van der Waals surface area contributed by atoms with Gasteiger partial charge in [0.1, 0.15) is 72.2 Å². The molecule has 0 radical (unpaired) electrons. The van der Waals surface area contributed by atoms with Crippen LogP contribution >= 0.6 is 0 Å². The molecule has 1 heterocycles. The van der Waals surface area contributed by atoms with Gasteiger partial charge in [0.15, 0.2) is 6.29 Å². The molecule has 28 heteroatoms. The Bertz CT molecular complexity index is 4150. The number of benzene rings is 8. The van der Waals surface area contributed by atoms with Crippen LogP contribution in [-0.4, -0.2) is 139 Å². The third-order valence-corrected chi connectivity index (χ3v) is 17.9. The van der Waals surface area contributed by atoms with E-state index in [1.165, 1.54) is 40.6 Å². The second kappa shape index (κ2) is 37.7. The van der Waals surface area contributed by atoms with Gasteiger partial charge in [0.2, 0.25) is 5.91 Å². The van der Waals surface area contributed by atoms with Gasteiger partial charge in [-0.25, -0.2) is 14.4 Å². The maximum atomic E-state index is 15.4. The average Bonchev–Trinajstić information content (AvgIpc) is 1.70. The van der Waals surface area contributed by atoms with Crippen molar-refractivity contribution in [3.8, 4) is 34.1 Å². The zero-order chi connectivity index (χ0) is 76.0. The smallest absolute Gasteiger partial charge is 0.416 e. The van der Waals surface area contributed by atoms with Crippen LogP contribution < -0.4 is 50.8 Å². The van der Waals surface area contributed by atoms with E-state index in [2.05, 4.69) is 31.9 Å². The Hall–Kier alpha value is -10.5. The second-order valence-corrected chi connectivity index (χ2v) is 25.2. The number of rotatable bonds is 34. The Kier molecular flexibility index (Phi) is 27.9. The lowest BCUT2D eigenvalue weighted by Crippen LogP contribution is -2.68. The van der Waals surface area contributed by atoms with Crippen molar-refractivity contribution in [3.63, 3.8) is 0 Å². The minimum Gasteiger partial charge on any atom is -0.497 e. The van der Waals surface area contributed by atoms with E-state index in [1.54, 1.807) is 104 Å². The number of carbonyl (C=O) groups is 4. The van der Waals surface area contributed by atoms with Gasteiger partial charge in [0, 0.05) is 23.8 Å². The zero-order valence-corrected chi connectivity index (χ0v) is 59.2. The predicted molar refractivity (Wildman–Crippen MR) is 383 cm³/mol. The minimum atomic E-state index is -4.83. The van der Waals surface area contributed by atoms with Crippen LogP contribution in [-0.2, 0) is 76.7 Å². The van der Waals surface area contributed by atoms with E-state index in [1.807, 2.05) is 48.5 Å². The number of hydrogen-bond acceptors (Lipinski definition) is 16. The zero-order valence-electron chi connectivity index (χ0n) is 59.2. The SMILES string of the molecule is CCCC(NC(=O)OCC1c2ccccc2-c2ccccc21)C(=O)N[C@@H](C(O)COCc1ccc(OC)cc1)[C@@H](CNC(=O)Nc1cccc(C(F)(F)F)c1)O[C@@H]1OC(COCc2ccc(OC)cc2)[C@@H](OCc2ccc(OC)cc2)[C@H](OCc2ccc(OC)cc2)C1NC(=O)Nc1cccc(C(F)(F)F)c1. The Balaban J connectivity index is 1.06. The summed E-state index contributed by atoms with van der Waals surface area (Å²) in [7, 11) is 6.00. The Morgan fingerprint density at radius 3 is 1.49 bits per heavy atom. The minimum absolute atomic E-state index is 0.0158. The van der Waals surface area contributed by atoms with Gasteiger partial charge < -0.3 is 89.1 Å². The normalized spacial score (nSPS) is 17.4. The predicted octanol–water partition coefficient (Wildman–Crippen LogP) is 13.3. The highest BCUT2D eigenvalue weighted by molar-refractivity contribution is 5.90. The third-order valence-electron chi connectivity index (χ3n) is 17.9. The number of nitrogens with one attached hydrogen (secondary N) is 6. The van der Waals surface area contributed by atoms with Crippen molar-refractivity contribution in [2.45, 2.75) is 119 Å². The van der Waals surface area contributed by atoms with Crippen LogP contribution in [0, 0.1) is 0 Å². The van der Waals surface area contributed by atoms with Crippen LogP contribution in [0.1, 0.15) is 70.2 Å². The number of methoxy groups -OCH3 is 4. The quantitative estimate of drug-likeness (QED) is 0.0185. The number of alkyl carbamates (subject to hydrolysis) is 1. The molecule has 1 fully saturated rings. The van der Waals surface area contributed by atoms with E-state index in [0.29, 0.717) is 63.8 Å². The van der Waals surface area contributed by atoms with Crippen LogP contribution in [0.25, 0.3) is 11.1 Å². The van der Waals surface area contributed by atoms with E-state index in [0.717, 1.165) is 46.5 Å². The molecule has 0 saturated carbocycles. The molecule has 1 aliphatic carbocycles. The molecule has 6 amide bonds. The molecule has 0 spiro atoms. The molecule has 1 aliphatic heterocycles. The van der Waals surface area contributed by atoms with Crippen molar-refractivity contribution in [1.82, 2.24) is 21.3 Å². The number of aliphatic hydroxyl groups is 1. The van der Waals surface area contributed by atoms with Crippen molar-refractivity contribution in [2.75, 3.05) is 65.4 Å². The van der Waals surface area contributed by atoms with E-state index < -0.39 is 116 Å². The molecule has 9 atom stereocenters. The van der Waals surface area contributed by atoms with Crippen molar-refractivity contribution < 1.29 is 103 Å². The lowest BCUT2D eigenvalue weighted by molar-refractivity contribution is -0.301. The highest BCUT2D eigenvalue weighted by Crippen LogP contribution is 2.45. The molecule has 8 aromatic carbocycles. The van der Waals surface area contributed by atoms with E-state index >= 15 is 4.79 Å². The maximum absolute atomic E-state index is 15.4. The number of alkyl halides is 6. The lowest BCUT2D eigenvalue weighted by atomic mass is 9.95. The van der Waals surface area contributed by atoms with Crippen molar-refractivity contribution in [1.29, 1.82) is 0 Å². The largest absolute Gasteiger partial charge is 0.497 e. The van der Waals surface area contributed by atoms with E-state index in [-0.39, 0.29) is 63.4 Å². The number of halogens is 6. The summed E-state index contributed by atoms with van der Waals surface area (Å²) in [5.41, 5.74) is 3.50. The first-order valence-corrected chi connectivity index (χ1v) is 34.4. The molecular formula is C79H84F6N6O16. The topological polar surface area (TPSA) is 262 Å². The van der Waals surface area contributed by atoms with Crippen LogP contribution in [0.15, 0.2) is 194 Å². The summed E-state index contributed by atoms with van der Waals surface area (Å²) in [4.78, 5) is 58.7. The fourth-order valence-corrected chi connectivity index (χ4v) is 12.4. The van der Waals surface area contributed by atoms with Crippen LogP contribution in [0.4, 0.5) is 52.1 Å². The number of urea groups is 2. The van der Waals surface area contributed by atoms with Gasteiger partial charge in [-0.3, -0.25) is 4.79 Å². The number of amides is 6. The summed E-state index contributed by atoms with van der Waals surface area (Å²) in [5.74, 6) is 0.853. The average molecular weight is 1490 g/mol. The van der Waals surface area contributed by atoms with E-state index in [4.69, 9.17) is 52.1 Å². The molecule has 568 valence electrons. The van der Waals surface area contributed by atoms with Crippen molar-refractivity contribution in [2.24, 2.45) is 0 Å². The molecule has 0 bridgehead atoms. The first-order chi connectivity index (χ1) is 51.6. The van der Waals surface area contributed by atoms with Gasteiger partial charge in [-0.15, -0.1) is 0 Å². The fraction of sp³-hybridized carbons (Fsp3) is 0.342. The molecule has 2 aliphatic rings. The monoisotopic (exact) mass is 1490 g/mol. The fourth-order valence-electron chi connectivity index (χ4n) is 12.4. The van der Waals surface area contributed by atoms with Crippen molar-refractivity contribution >= 4 is 35.4 Å². The van der Waals surface area contributed by atoms with Crippen LogP contribution in [0.2, 0.25) is 0 Å². The van der Waals surface area contributed by atoms with Gasteiger partial charge in [-0.05, 0) is 136 Å². The standard InChI is InChI=1S/C79H84F6N6O16/c1-6-13-65(89-77(96)105-45-64-62-20-9-7-18-60(62)61-19-8-10-21-63(61)64)73(93)90-69(66(92)46-101-41-48-22-30-56(97-2)31-23-48)67(40-86-75(94)87-54-16-11-14-52(38-54)78(80,81)82)106-74-70(91-76(95)88-55-17-12-15-53(39-55)79(83,84)85)72(104-44-51-28-36-59(100-5)37-29-51)71(103-43-50-26-34-58(99-4)35-27-50)68(107-74)47-102-42-49-24-32-57(98-3)33-25-49/h7-12,14-39,64-72,74,92H,6,13,40-47H2,1-5H3,(H,89,96)(H,90,93)(H2,86,87,94)(H2,88,91,95)/t65?,66?,67-,68?,69+,70?,71-,72-,74-/m1/s1. The summed E-state index contributed by atoms with van der Waals surface area (Å²) in [5, 5.41) is 28.7. The summed E-state index contributed by atoms with van der Waals surface area (Å²) < 4.78 is 153. The second-order valence-electron chi connectivity index (χ2n) is 25.2. The number of aliphatic hydroxyl groups excluding tert-OH is 1. The number of hydrogen-bond donors (Lipinski definition) is 7. The Labute approximate surface area is 614 Å². The number of anilines is 2. The summed E-state index contributed by atoms with van der Waals surface area (Å²) in [6.45, 7) is -0.650. The highest BCUT2D eigenvalue weighted by Gasteiger charge is 2.51. The molecule has 8 aromatic rings. The van der Waals surface area contributed by atoms with Crippen LogP contribution in [0.5, 0.6) is 23.0 Å². The summed E-state index contributed by atoms with van der Waals surface area (Å²) in [6, 6.07) is 43.4. The first kappa shape index (κ1) is 79.1. The first-order valence-electron chi connectivity index (χ1n) is 34.4. The summed E-state index contributed by atoms with van der Waals surface area (Å²) in [6.07, 6.45) is -20.0. The maximum Gasteiger partial charge on any atom is 0.416 e. The van der Waals surface area contributed by atoms with Crippen LogP contribution in [0.3, 0.4) is 0 Å². The Morgan fingerprint density at radius 2 is 1.00 bits per heavy atom. The van der Waals surface area contributed by atoms with Gasteiger partial charge in [0.25, 0.3) is 0 Å². The van der Waals surface area contributed by atoms with Gasteiger partial charge in [-0.2, -0.15) is 26.3 Å². The molecule has 107 heavy (non-hydrogen) atoms. The summed E-state index contributed by atoms with van der Waals surface area (Å²) >= 11 is 0. The number of fused-ring (bicyclic) bond motifs is 3. The van der Waals surface area contributed by atoms with E-state index in [9.17, 15) is 45.8 Å². The van der Waals surface area contributed by atoms with Gasteiger partial charge >= 0.3 is 30.5 Å². The van der Waals surface area contributed by atoms with Gasteiger partial charge in [0.05, 0.1) is 85.2 Å². The third kappa shape index (κ3) is 22.1. The Morgan fingerprint density at radius 1 is 0.533 bits per heavy atom. The molecule has 0 aromatic heterocycles. The number of carbonyl (C=O) groups excluding carboxylic acids is 4. The number of ether oxygens (including phenoxy) is 11. The molecule has 1 saturated heterocycles. The lowest BCUT2D eigenvalue weighted by Gasteiger charge is -2.47. The van der Waals surface area contributed by atoms with Crippen molar-refractivity contribution in [3.05, 3.63) is 239 Å². The molecular weight excluding hydrogens is 1400 g/mol. The highest BCUT2D eigenvalue weighted by atomic mass is 19.4.